The summed E-state index contributed by atoms with van der Waals surface area (Å²) >= 11 is 12.6. The lowest BCUT2D eigenvalue weighted by molar-refractivity contribution is 0.321. The van der Waals surface area contributed by atoms with Gasteiger partial charge in [0.15, 0.2) is 5.11 Å². The smallest absolute Gasteiger partial charge is 0.211 e. The summed E-state index contributed by atoms with van der Waals surface area (Å²) in [6, 6.07) is 17.0. The van der Waals surface area contributed by atoms with E-state index in [4.69, 9.17) is 28.6 Å². The first-order valence-electron chi connectivity index (χ1n) is 7.53. The number of nitrogens with zero attached hydrogens (tertiary/aromatic N) is 2. The average molecular weight is 391 g/mol. The van der Waals surface area contributed by atoms with Crippen LogP contribution in [-0.4, -0.2) is 21.9 Å². The van der Waals surface area contributed by atoms with E-state index in [9.17, 15) is 0 Å². The molecule has 0 aliphatic heterocycles. The van der Waals surface area contributed by atoms with Crippen molar-refractivity contribution in [1.82, 2.24) is 10.2 Å². The Labute approximate surface area is 160 Å². The summed E-state index contributed by atoms with van der Waals surface area (Å²) in [5.74, 6) is 0.778. The number of nitrogens with one attached hydrogen (secondary N) is 2. The lowest BCUT2D eigenvalue weighted by Gasteiger charge is -2.07. The van der Waals surface area contributed by atoms with Crippen LogP contribution in [0.4, 0.5) is 10.8 Å². The topological polar surface area (TPSA) is 59.1 Å². The number of hydrogen-bond donors (Lipinski definition) is 2. The molecule has 0 saturated carbocycles. The lowest BCUT2D eigenvalue weighted by atomic mass is 10.3. The molecule has 1 heterocycles. The number of hydrogen-bond acceptors (Lipinski definition) is 5. The van der Waals surface area contributed by atoms with Gasteiger partial charge in [-0.3, -0.25) is 0 Å². The summed E-state index contributed by atoms with van der Waals surface area (Å²) in [6.07, 6.45) is 0.668. The fraction of sp³-hybridized carbons (Fsp3) is 0.118. The Morgan fingerprint density at radius 1 is 1.04 bits per heavy atom. The van der Waals surface area contributed by atoms with Crippen LogP contribution in [0.2, 0.25) is 5.02 Å². The molecule has 1 aromatic heterocycles. The Balaban J connectivity index is 1.45. The van der Waals surface area contributed by atoms with E-state index in [-0.39, 0.29) is 0 Å². The van der Waals surface area contributed by atoms with Gasteiger partial charge in [-0.05, 0) is 48.6 Å². The predicted molar refractivity (Wildman–Crippen MR) is 107 cm³/mol. The zero-order chi connectivity index (χ0) is 17.5. The van der Waals surface area contributed by atoms with E-state index in [2.05, 4.69) is 20.8 Å². The number of aromatic nitrogens is 2. The molecule has 0 aliphatic carbocycles. The molecule has 0 radical (unpaired) electrons. The third kappa shape index (κ3) is 5.67. The largest absolute Gasteiger partial charge is 0.493 e. The van der Waals surface area contributed by atoms with Crippen molar-refractivity contribution in [3.8, 4) is 5.75 Å². The molecule has 25 heavy (non-hydrogen) atoms. The highest BCUT2D eigenvalue weighted by atomic mass is 35.5. The van der Waals surface area contributed by atoms with Crippen molar-refractivity contribution in [2.24, 2.45) is 0 Å². The number of benzene rings is 2. The second-order valence-corrected chi connectivity index (χ2v) is 6.91. The molecule has 0 aliphatic rings. The quantitative estimate of drug-likeness (QED) is 0.599. The van der Waals surface area contributed by atoms with Crippen molar-refractivity contribution in [3.63, 3.8) is 0 Å². The van der Waals surface area contributed by atoms with Crippen molar-refractivity contribution < 1.29 is 4.74 Å². The highest BCUT2D eigenvalue weighted by Crippen LogP contribution is 2.18. The number of thiocarbonyl (C=S) groups is 1. The Morgan fingerprint density at radius 3 is 2.56 bits per heavy atom. The van der Waals surface area contributed by atoms with E-state index in [1.54, 1.807) is 12.1 Å². The number of para-hydroxylation sites is 1. The van der Waals surface area contributed by atoms with Gasteiger partial charge >= 0.3 is 0 Å². The van der Waals surface area contributed by atoms with Crippen LogP contribution in [0, 0.1) is 0 Å². The highest BCUT2D eigenvalue weighted by molar-refractivity contribution is 7.80. The van der Waals surface area contributed by atoms with Gasteiger partial charge < -0.3 is 15.4 Å². The molecule has 0 atom stereocenters. The van der Waals surface area contributed by atoms with Gasteiger partial charge in [0.2, 0.25) is 5.13 Å². The van der Waals surface area contributed by atoms with Crippen molar-refractivity contribution >= 4 is 51.1 Å². The molecule has 0 bridgehead atoms. The Kier molecular flexibility index (Phi) is 6.16. The molecule has 5 nitrogen and oxygen atoms in total. The maximum Gasteiger partial charge on any atom is 0.211 e. The van der Waals surface area contributed by atoms with Crippen molar-refractivity contribution in [2.75, 3.05) is 17.2 Å². The van der Waals surface area contributed by atoms with E-state index in [0.29, 0.717) is 28.3 Å². The van der Waals surface area contributed by atoms with Crippen LogP contribution in [-0.2, 0) is 6.42 Å². The number of anilines is 2. The second kappa shape index (κ2) is 8.75. The second-order valence-electron chi connectivity index (χ2n) is 5.00. The third-order valence-corrected chi connectivity index (χ3v) is 4.47. The zero-order valence-corrected chi connectivity index (χ0v) is 15.5. The molecule has 0 saturated heterocycles. The summed E-state index contributed by atoms with van der Waals surface area (Å²) < 4.78 is 5.66. The number of rotatable bonds is 6. The minimum Gasteiger partial charge on any atom is -0.493 e. The summed E-state index contributed by atoms with van der Waals surface area (Å²) in [7, 11) is 0. The first-order chi connectivity index (χ1) is 12.2. The van der Waals surface area contributed by atoms with E-state index in [1.165, 1.54) is 11.3 Å². The molecule has 128 valence electrons. The molecule has 3 aromatic rings. The minimum absolute atomic E-state index is 0.478. The Hall–Kier alpha value is -2.22. The third-order valence-electron chi connectivity index (χ3n) is 3.12. The van der Waals surface area contributed by atoms with E-state index >= 15 is 0 Å². The molecular weight excluding hydrogens is 376 g/mol. The van der Waals surface area contributed by atoms with Crippen molar-refractivity contribution in [3.05, 3.63) is 64.6 Å². The van der Waals surface area contributed by atoms with Crippen molar-refractivity contribution in [2.45, 2.75) is 6.42 Å². The molecule has 3 rings (SSSR count). The van der Waals surface area contributed by atoms with Gasteiger partial charge in [0.25, 0.3) is 0 Å². The zero-order valence-electron chi connectivity index (χ0n) is 13.1. The molecule has 0 unspecified atom stereocenters. The maximum atomic E-state index is 5.84. The number of ether oxygens (including phenoxy) is 1. The molecular formula is C17H15ClN4OS2. The molecule has 0 fully saturated rings. The summed E-state index contributed by atoms with van der Waals surface area (Å²) in [5.41, 5.74) is 0.918. The van der Waals surface area contributed by atoms with Crippen LogP contribution >= 0.6 is 35.2 Å². The average Bonchev–Trinajstić information content (AvgIpc) is 3.04. The van der Waals surface area contributed by atoms with Crippen LogP contribution in [0.1, 0.15) is 5.01 Å². The van der Waals surface area contributed by atoms with Crippen LogP contribution < -0.4 is 15.4 Å². The molecule has 8 heteroatoms. The van der Waals surface area contributed by atoms with Crippen molar-refractivity contribution in [1.29, 1.82) is 0 Å². The summed E-state index contributed by atoms with van der Waals surface area (Å²) in [5, 5.41) is 17.0. The van der Waals surface area contributed by atoms with Crippen LogP contribution in [0.25, 0.3) is 0 Å². The van der Waals surface area contributed by atoms with Crippen LogP contribution in [0.15, 0.2) is 54.6 Å². The van der Waals surface area contributed by atoms with Gasteiger partial charge in [0.05, 0.1) is 6.61 Å². The fourth-order valence-electron chi connectivity index (χ4n) is 1.97. The molecule has 0 amide bonds. The predicted octanol–water partition coefficient (Wildman–Crippen LogP) is 4.62. The van der Waals surface area contributed by atoms with E-state index < -0.39 is 0 Å². The van der Waals surface area contributed by atoms with Gasteiger partial charge in [0, 0.05) is 17.1 Å². The van der Waals surface area contributed by atoms with E-state index in [0.717, 1.165) is 16.4 Å². The highest BCUT2D eigenvalue weighted by Gasteiger charge is 2.06. The van der Waals surface area contributed by atoms with Gasteiger partial charge in [-0.1, -0.05) is 41.1 Å². The summed E-state index contributed by atoms with van der Waals surface area (Å²) in [4.78, 5) is 0. The van der Waals surface area contributed by atoms with Crippen LogP contribution in [0.5, 0.6) is 5.75 Å². The van der Waals surface area contributed by atoms with Gasteiger partial charge in [0.1, 0.15) is 10.8 Å². The molecule has 2 N–H and O–H groups in total. The maximum absolute atomic E-state index is 5.84. The Morgan fingerprint density at radius 2 is 1.80 bits per heavy atom. The van der Waals surface area contributed by atoms with Gasteiger partial charge in [-0.15, -0.1) is 10.2 Å². The van der Waals surface area contributed by atoms with Gasteiger partial charge in [-0.2, -0.15) is 0 Å². The normalized spacial score (nSPS) is 10.3. The standard InChI is InChI=1S/C17H15ClN4OS2/c18-12-6-8-14(9-7-12)23-11-10-15-21-22-17(25-15)20-16(24)19-13-4-2-1-3-5-13/h1-9H,10-11H2,(H2,19,20,22,24). The monoisotopic (exact) mass is 390 g/mol. The molecule has 0 spiro atoms. The number of halogens is 1. The molecule has 2 aromatic carbocycles. The minimum atomic E-state index is 0.478. The van der Waals surface area contributed by atoms with Crippen LogP contribution in [0.3, 0.4) is 0 Å². The van der Waals surface area contributed by atoms with E-state index in [1.807, 2.05) is 42.5 Å². The summed E-state index contributed by atoms with van der Waals surface area (Å²) in [6.45, 7) is 0.517. The first kappa shape index (κ1) is 17.6. The first-order valence-corrected chi connectivity index (χ1v) is 9.13. The fourth-order valence-corrected chi connectivity index (χ4v) is 3.10. The SMILES string of the molecule is S=C(Nc1ccccc1)Nc1nnc(CCOc2ccc(Cl)cc2)s1. The Bertz CT molecular complexity index is 824. The van der Waals surface area contributed by atoms with Gasteiger partial charge in [-0.25, -0.2) is 0 Å². The lowest BCUT2D eigenvalue weighted by Crippen LogP contribution is -2.18.